The van der Waals surface area contributed by atoms with Gasteiger partial charge >= 0.3 is 0 Å². The standard InChI is InChI=1S/C21H29N3O2S/c1-15-6-9-23(10-7-15)12-16-3-2-8-24(13-16)21(26)17-4-5-19-18(11-17)22-20(25)14-27-19/h4-5,11,15-16H,2-3,6-10,12-14H2,1H3,(H,22,25). The normalized spacial score (nSPS) is 24.4. The van der Waals surface area contributed by atoms with E-state index in [4.69, 9.17) is 0 Å². The van der Waals surface area contributed by atoms with E-state index >= 15 is 0 Å². The summed E-state index contributed by atoms with van der Waals surface area (Å²) in [6.45, 7) is 7.56. The summed E-state index contributed by atoms with van der Waals surface area (Å²) in [6, 6.07) is 5.71. The Hall–Kier alpha value is -1.53. The number of hydrogen-bond donors (Lipinski definition) is 1. The molecule has 2 saturated heterocycles. The van der Waals surface area contributed by atoms with Crippen LogP contribution in [-0.2, 0) is 4.79 Å². The highest BCUT2D eigenvalue weighted by Crippen LogP contribution is 2.32. The number of carbonyl (C=O) groups is 2. The zero-order chi connectivity index (χ0) is 18.8. The molecule has 0 spiro atoms. The van der Waals surface area contributed by atoms with E-state index in [0.717, 1.165) is 42.6 Å². The summed E-state index contributed by atoms with van der Waals surface area (Å²) in [5.74, 6) is 1.98. The molecule has 3 aliphatic heterocycles. The Labute approximate surface area is 165 Å². The van der Waals surface area contributed by atoms with Crippen molar-refractivity contribution in [3.05, 3.63) is 23.8 Å². The topological polar surface area (TPSA) is 52.6 Å². The van der Waals surface area contributed by atoms with Crippen molar-refractivity contribution in [3.8, 4) is 0 Å². The SMILES string of the molecule is CC1CCN(CC2CCCN(C(=O)c3ccc4c(c3)NC(=O)CS4)C2)CC1. The van der Waals surface area contributed by atoms with E-state index in [1.54, 1.807) is 0 Å². The predicted octanol–water partition coefficient (Wildman–Crippen LogP) is 3.31. The number of piperidine rings is 2. The molecule has 1 unspecified atom stereocenters. The van der Waals surface area contributed by atoms with Crippen LogP contribution in [0, 0.1) is 11.8 Å². The molecule has 4 rings (SSSR count). The molecule has 0 radical (unpaired) electrons. The van der Waals surface area contributed by atoms with Gasteiger partial charge in [0, 0.05) is 30.1 Å². The first-order valence-electron chi connectivity index (χ1n) is 10.2. The van der Waals surface area contributed by atoms with Gasteiger partial charge in [-0.1, -0.05) is 6.92 Å². The number of hydrogen-bond acceptors (Lipinski definition) is 4. The second-order valence-corrected chi connectivity index (χ2v) is 9.31. The lowest BCUT2D eigenvalue weighted by atomic mass is 9.94. The summed E-state index contributed by atoms with van der Waals surface area (Å²) in [5.41, 5.74) is 1.46. The van der Waals surface area contributed by atoms with Crippen LogP contribution in [0.1, 0.15) is 43.0 Å². The number of nitrogens with zero attached hydrogens (tertiary/aromatic N) is 2. The van der Waals surface area contributed by atoms with Crippen molar-refractivity contribution in [2.45, 2.75) is 37.5 Å². The van der Waals surface area contributed by atoms with Gasteiger partial charge in [0.15, 0.2) is 0 Å². The summed E-state index contributed by atoms with van der Waals surface area (Å²) in [5, 5.41) is 2.89. The van der Waals surface area contributed by atoms with Crippen molar-refractivity contribution in [2.75, 3.05) is 43.8 Å². The zero-order valence-corrected chi connectivity index (χ0v) is 16.9. The molecule has 0 aromatic heterocycles. The highest BCUT2D eigenvalue weighted by Gasteiger charge is 2.28. The summed E-state index contributed by atoms with van der Waals surface area (Å²) >= 11 is 1.53. The number of nitrogens with one attached hydrogen (secondary N) is 1. The Morgan fingerprint density at radius 3 is 2.85 bits per heavy atom. The van der Waals surface area contributed by atoms with Gasteiger partial charge < -0.3 is 15.1 Å². The molecule has 3 heterocycles. The lowest BCUT2D eigenvalue weighted by Crippen LogP contribution is -2.45. The lowest BCUT2D eigenvalue weighted by Gasteiger charge is -2.38. The van der Waals surface area contributed by atoms with E-state index in [1.807, 2.05) is 23.1 Å². The third-order valence-corrected chi connectivity index (χ3v) is 7.13. The Balaban J connectivity index is 1.38. The fourth-order valence-corrected chi connectivity index (χ4v) is 5.20. The average molecular weight is 388 g/mol. The minimum absolute atomic E-state index is 0.00554. The van der Waals surface area contributed by atoms with Gasteiger partial charge in [-0.15, -0.1) is 11.8 Å². The molecule has 2 fully saturated rings. The first-order chi connectivity index (χ1) is 13.1. The van der Waals surface area contributed by atoms with E-state index in [-0.39, 0.29) is 11.8 Å². The van der Waals surface area contributed by atoms with Gasteiger partial charge in [-0.2, -0.15) is 0 Å². The molecule has 1 aromatic carbocycles. The van der Waals surface area contributed by atoms with Crippen LogP contribution in [0.25, 0.3) is 0 Å². The van der Waals surface area contributed by atoms with Gasteiger partial charge in [-0.25, -0.2) is 0 Å². The summed E-state index contributed by atoms with van der Waals surface area (Å²) < 4.78 is 0. The van der Waals surface area contributed by atoms with Gasteiger partial charge in [-0.05, 0) is 68.8 Å². The van der Waals surface area contributed by atoms with Crippen molar-refractivity contribution in [1.82, 2.24) is 9.80 Å². The first kappa shape index (κ1) is 18.8. The highest BCUT2D eigenvalue weighted by molar-refractivity contribution is 8.00. The molecule has 3 aliphatic rings. The number of carbonyl (C=O) groups excluding carboxylic acids is 2. The van der Waals surface area contributed by atoms with Crippen molar-refractivity contribution in [1.29, 1.82) is 0 Å². The van der Waals surface area contributed by atoms with Crippen LogP contribution in [-0.4, -0.2) is 60.1 Å². The Kier molecular flexibility index (Phi) is 5.74. The quantitative estimate of drug-likeness (QED) is 0.865. The van der Waals surface area contributed by atoms with Crippen LogP contribution >= 0.6 is 11.8 Å². The second kappa shape index (κ2) is 8.23. The van der Waals surface area contributed by atoms with Crippen molar-refractivity contribution < 1.29 is 9.59 Å². The van der Waals surface area contributed by atoms with Crippen LogP contribution in [0.15, 0.2) is 23.1 Å². The first-order valence-corrected chi connectivity index (χ1v) is 11.2. The molecule has 1 atom stereocenters. The van der Waals surface area contributed by atoms with Gasteiger partial charge in [-0.3, -0.25) is 9.59 Å². The van der Waals surface area contributed by atoms with Gasteiger partial charge in [0.2, 0.25) is 5.91 Å². The molecular formula is C21H29N3O2S. The van der Waals surface area contributed by atoms with Crippen LogP contribution < -0.4 is 5.32 Å². The largest absolute Gasteiger partial charge is 0.338 e. The number of likely N-dealkylation sites (tertiary alicyclic amines) is 2. The van der Waals surface area contributed by atoms with Gasteiger partial charge in [0.1, 0.15) is 0 Å². The van der Waals surface area contributed by atoms with Crippen LogP contribution in [0.4, 0.5) is 5.69 Å². The molecule has 0 saturated carbocycles. The van der Waals surface area contributed by atoms with Crippen LogP contribution in [0.3, 0.4) is 0 Å². The highest BCUT2D eigenvalue weighted by atomic mass is 32.2. The van der Waals surface area contributed by atoms with Crippen molar-refractivity contribution in [3.63, 3.8) is 0 Å². The fourth-order valence-electron chi connectivity index (χ4n) is 4.41. The Bertz CT molecular complexity index is 715. The molecule has 146 valence electrons. The molecule has 5 nitrogen and oxygen atoms in total. The molecular weight excluding hydrogens is 358 g/mol. The maximum atomic E-state index is 13.0. The molecule has 0 aliphatic carbocycles. The molecule has 1 aromatic rings. The van der Waals surface area contributed by atoms with E-state index in [9.17, 15) is 9.59 Å². The molecule has 1 N–H and O–H groups in total. The van der Waals surface area contributed by atoms with Crippen molar-refractivity contribution >= 4 is 29.3 Å². The third-order valence-electron chi connectivity index (χ3n) is 6.06. The smallest absolute Gasteiger partial charge is 0.253 e. The van der Waals surface area contributed by atoms with E-state index < -0.39 is 0 Å². The number of amides is 2. The molecule has 27 heavy (non-hydrogen) atoms. The summed E-state index contributed by atoms with van der Waals surface area (Å²) in [7, 11) is 0. The van der Waals surface area contributed by atoms with Crippen LogP contribution in [0.2, 0.25) is 0 Å². The number of thioether (sulfide) groups is 1. The number of fused-ring (bicyclic) bond motifs is 1. The minimum atomic E-state index is 0.00554. The zero-order valence-electron chi connectivity index (χ0n) is 16.1. The van der Waals surface area contributed by atoms with Gasteiger partial charge in [0.25, 0.3) is 5.91 Å². The van der Waals surface area contributed by atoms with Gasteiger partial charge in [0.05, 0.1) is 11.4 Å². The lowest BCUT2D eigenvalue weighted by molar-refractivity contribution is -0.113. The maximum Gasteiger partial charge on any atom is 0.253 e. The minimum Gasteiger partial charge on any atom is -0.338 e. The average Bonchev–Trinajstić information content (AvgIpc) is 2.69. The molecule has 6 heteroatoms. The molecule has 0 bridgehead atoms. The second-order valence-electron chi connectivity index (χ2n) is 8.29. The Morgan fingerprint density at radius 1 is 1.22 bits per heavy atom. The predicted molar refractivity (Wildman–Crippen MR) is 109 cm³/mol. The number of anilines is 1. The monoisotopic (exact) mass is 387 g/mol. The number of benzene rings is 1. The fraction of sp³-hybridized carbons (Fsp3) is 0.619. The van der Waals surface area contributed by atoms with E-state index in [2.05, 4.69) is 17.1 Å². The summed E-state index contributed by atoms with van der Waals surface area (Å²) in [6.07, 6.45) is 4.90. The molecule has 2 amide bonds. The Morgan fingerprint density at radius 2 is 2.04 bits per heavy atom. The van der Waals surface area contributed by atoms with E-state index in [1.165, 1.54) is 44.1 Å². The summed E-state index contributed by atoms with van der Waals surface area (Å²) in [4.78, 5) is 30.3. The maximum absolute atomic E-state index is 13.0. The third kappa shape index (κ3) is 4.49. The van der Waals surface area contributed by atoms with Crippen LogP contribution in [0.5, 0.6) is 0 Å². The van der Waals surface area contributed by atoms with E-state index in [0.29, 0.717) is 17.2 Å². The van der Waals surface area contributed by atoms with Crippen molar-refractivity contribution in [2.24, 2.45) is 11.8 Å². The number of rotatable bonds is 3.